The third kappa shape index (κ3) is 4.56. The quantitative estimate of drug-likeness (QED) is 0.456. The molecule has 2 aromatic carbocycles. The van der Waals surface area contributed by atoms with Crippen molar-refractivity contribution in [2.24, 2.45) is 5.10 Å². The maximum atomic E-state index is 12.3. The van der Waals surface area contributed by atoms with Gasteiger partial charge in [-0.25, -0.2) is 5.43 Å². The van der Waals surface area contributed by atoms with Gasteiger partial charge in [-0.15, -0.1) is 0 Å². The zero-order chi connectivity index (χ0) is 19.1. The first-order valence-electron chi connectivity index (χ1n) is 9.47. The molecule has 5 heteroatoms. The summed E-state index contributed by atoms with van der Waals surface area (Å²) < 4.78 is 0. The van der Waals surface area contributed by atoms with E-state index in [9.17, 15) is 4.79 Å². The van der Waals surface area contributed by atoms with Crippen LogP contribution in [0.15, 0.2) is 59.8 Å². The molecular weight excluding hydrogens is 336 g/mol. The molecule has 0 aliphatic heterocycles. The number of benzene rings is 2. The lowest BCUT2D eigenvalue weighted by atomic mass is 10.2. The van der Waals surface area contributed by atoms with Crippen molar-refractivity contribution >= 4 is 28.7 Å². The molecule has 0 saturated carbocycles. The van der Waals surface area contributed by atoms with Crippen molar-refractivity contribution < 1.29 is 4.79 Å². The molecule has 0 atom stereocenters. The van der Waals surface area contributed by atoms with Gasteiger partial charge in [0.05, 0.1) is 11.8 Å². The van der Waals surface area contributed by atoms with Crippen molar-refractivity contribution in [1.29, 1.82) is 0 Å². The van der Waals surface area contributed by atoms with Crippen LogP contribution in [0.5, 0.6) is 0 Å². The summed E-state index contributed by atoms with van der Waals surface area (Å²) in [5.74, 6) is -0.225. The zero-order valence-electron chi connectivity index (χ0n) is 15.9. The molecule has 1 heterocycles. The molecule has 3 rings (SSSR count). The van der Waals surface area contributed by atoms with Gasteiger partial charge in [0, 0.05) is 35.9 Å². The number of carbonyl (C=O) groups is 1. The van der Waals surface area contributed by atoms with Crippen molar-refractivity contribution in [2.75, 3.05) is 18.0 Å². The summed E-state index contributed by atoms with van der Waals surface area (Å²) >= 11 is 0. The normalized spacial score (nSPS) is 11.2. The molecule has 0 spiro atoms. The number of rotatable bonds is 8. The number of hydrazone groups is 1. The Hall–Kier alpha value is -3.08. The number of carbonyl (C=O) groups excluding carboxylic acids is 1. The Bertz CT molecular complexity index is 905. The largest absolute Gasteiger partial charge is 0.372 e. The highest BCUT2D eigenvalue weighted by molar-refractivity contribution is 6.06. The van der Waals surface area contributed by atoms with E-state index in [1.54, 1.807) is 12.4 Å². The average Bonchev–Trinajstić information content (AvgIpc) is 3.13. The van der Waals surface area contributed by atoms with Crippen molar-refractivity contribution in [1.82, 2.24) is 10.4 Å². The van der Waals surface area contributed by atoms with Crippen LogP contribution in [0.25, 0.3) is 10.9 Å². The fourth-order valence-electron chi connectivity index (χ4n) is 3.17. The number of anilines is 1. The van der Waals surface area contributed by atoms with Gasteiger partial charge in [-0.2, -0.15) is 5.10 Å². The summed E-state index contributed by atoms with van der Waals surface area (Å²) in [5, 5.41) is 4.99. The molecule has 0 unspecified atom stereocenters. The van der Waals surface area contributed by atoms with Gasteiger partial charge in [-0.05, 0) is 36.6 Å². The molecular formula is C22H26N4O. The lowest BCUT2D eigenvalue weighted by Crippen LogP contribution is -2.24. The smallest absolute Gasteiger partial charge is 0.273 e. The molecule has 1 aromatic heterocycles. The summed E-state index contributed by atoms with van der Waals surface area (Å²) in [7, 11) is 0. The second-order valence-corrected chi connectivity index (χ2v) is 6.53. The van der Waals surface area contributed by atoms with Crippen molar-refractivity contribution in [2.45, 2.75) is 26.7 Å². The third-order valence-electron chi connectivity index (χ3n) is 4.46. The minimum Gasteiger partial charge on any atom is -0.372 e. The summed E-state index contributed by atoms with van der Waals surface area (Å²) in [6.07, 6.45) is 5.63. The Labute approximate surface area is 160 Å². The van der Waals surface area contributed by atoms with Crippen LogP contribution in [-0.2, 0) is 0 Å². The maximum absolute atomic E-state index is 12.3. The van der Waals surface area contributed by atoms with Crippen LogP contribution in [0.2, 0.25) is 0 Å². The van der Waals surface area contributed by atoms with Crippen molar-refractivity contribution in [3.8, 4) is 0 Å². The van der Waals surface area contributed by atoms with Crippen LogP contribution < -0.4 is 10.3 Å². The number of para-hydroxylation sites is 1. The van der Waals surface area contributed by atoms with Gasteiger partial charge >= 0.3 is 0 Å². The number of hydrogen-bond donors (Lipinski definition) is 2. The fourth-order valence-corrected chi connectivity index (χ4v) is 3.17. The predicted molar refractivity (Wildman–Crippen MR) is 113 cm³/mol. The molecule has 3 aromatic rings. The van der Waals surface area contributed by atoms with Gasteiger partial charge in [0.25, 0.3) is 5.91 Å². The van der Waals surface area contributed by atoms with Crippen LogP contribution in [0.3, 0.4) is 0 Å². The molecule has 0 aliphatic rings. The van der Waals surface area contributed by atoms with E-state index >= 15 is 0 Å². The van der Waals surface area contributed by atoms with E-state index in [0.717, 1.165) is 42.4 Å². The number of hydrogen-bond acceptors (Lipinski definition) is 3. The standard InChI is InChI=1S/C22H26N4O/c1-3-13-26(14-4-2)18-11-9-17(10-12-18)15-24-25-22(27)20-16-23-21-8-6-5-7-19(20)21/h5-12,15-16,23H,3-4,13-14H2,1-2H3,(H,25,27)/b24-15+. The third-order valence-corrected chi connectivity index (χ3v) is 4.46. The molecule has 0 bridgehead atoms. The number of fused-ring (bicyclic) bond motifs is 1. The first-order chi connectivity index (χ1) is 13.2. The fraction of sp³-hybridized carbons (Fsp3) is 0.273. The molecule has 0 aliphatic carbocycles. The Kier molecular flexibility index (Phi) is 6.26. The number of aromatic amines is 1. The highest BCUT2D eigenvalue weighted by atomic mass is 16.2. The molecule has 27 heavy (non-hydrogen) atoms. The number of nitrogens with zero attached hydrogens (tertiary/aromatic N) is 2. The predicted octanol–water partition coefficient (Wildman–Crippen LogP) is 4.56. The van der Waals surface area contributed by atoms with Crippen molar-refractivity contribution in [3.63, 3.8) is 0 Å². The zero-order valence-corrected chi connectivity index (χ0v) is 15.9. The SMILES string of the molecule is CCCN(CCC)c1ccc(/C=N/NC(=O)c2c[nH]c3ccccc23)cc1. The molecule has 140 valence electrons. The molecule has 0 radical (unpaired) electrons. The van der Waals surface area contributed by atoms with Crippen LogP contribution >= 0.6 is 0 Å². The maximum Gasteiger partial charge on any atom is 0.273 e. The van der Waals surface area contributed by atoms with Gasteiger partial charge in [-0.3, -0.25) is 4.79 Å². The van der Waals surface area contributed by atoms with Crippen LogP contribution in [0.4, 0.5) is 5.69 Å². The second kappa shape index (κ2) is 9.03. The van der Waals surface area contributed by atoms with E-state index < -0.39 is 0 Å². The molecule has 2 N–H and O–H groups in total. The van der Waals surface area contributed by atoms with E-state index in [0.29, 0.717) is 5.56 Å². The van der Waals surface area contributed by atoms with Crippen molar-refractivity contribution in [3.05, 3.63) is 65.9 Å². The topological polar surface area (TPSA) is 60.5 Å². The van der Waals surface area contributed by atoms with Crippen LogP contribution in [0.1, 0.15) is 42.6 Å². The van der Waals surface area contributed by atoms with E-state index in [4.69, 9.17) is 0 Å². The van der Waals surface area contributed by atoms with Crippen LogP contribution in [0, 0.1) is 0 Å². The number of aromatic nitrogens is 1. The number of amides is 1. The van der Waals surface area contributed by atoms with Gasteiger partial charge in [0.15, 0.2) is 0 Å². The van der Waals surface area contributed by atoms with Gasteiger partial charge in [-0.1, -0.05) is 44.2 Å². The van der Waals surface area contributed by atoms with Crippen LogP contribution in [-0.4, -0.2) is 30.2 Å². The first-order valence-corrected chi connectivity index (χ1v) is 9.47. The van der Waals surface area contributed by atoms with E-state index in [-0.39, 0.29) is 5.91 Å². The van der Waals surface area contributed by atoms with Gasteiger partial charge in [0.1, 0.15) is 0 Å². The Morgan fingerprint density at radius 2 is 1.78 bits per heavy atom. The van der Waals surface area contributed by atoms with E-state index in [1.165, 1.54) is 5.69 Å². The number of nitrogens with one attached hydrogen (secondary N) is 2. The monoisotopic (exact) mass is 362 g/mol. The van der Waals surface area contributed by atoms with Gasteiger partial charge < -0.3 is 9.88 Å². The highest BCUT2D eigenvalue weighted by Gasteiger charge is 2.10. The molecule has 0 saturated heterocycles. The second-order valence-electron chi connectivity index (χ2n) is 6.53. The summed E-state index contributed by atoms with van der Waals surface area (Å²) in [5.41, 5.74) is 6.30. The molecule has 0 fully saturated rings. The minimum absolute atomic E-state index is 0.225. The molecule has 5 nitrogen and oxygen atoms in total. The Morgan fingerprint density at radius 1 is 1.07 bits per heavy atom. The minimum atomic E-state index is -0.225. The molecule has 1 amide bonds. The lowest BCUT2D eigenvalue weighted by Gasteiger charge is -2.23. The average molecular weight is 362 g/mol. The lowest BCUT2D eigenvalue weighted by molar-refractivity contribution is 0.0957. The summed E-state index contributed by atoms with van der Waals surface area (Å²) in [6, 6.07) is 16.0. The number of H-pyrrole nitrogens is 1. The highest BCUT2D eigenvalue weighted by Crippen LogP contribution is 2.18. The Balaban J connectivity index is 1.63. The van der Waals surface area contributed by atoms with Gasteiger partial charge in [0.2, 0.25) is 0 Å². The summed E-state index contributed by atoms with van der Waals surface area (Å²) in [6.45, 7) is 6.50. The van der Waals surface area contributed by atoms with E-state index in [1.807, 2.05) is 36.4 Å². The Morgan fingerprint density at radius 3 is 2.48 bits per heavy atom. The summed E-state index contributed by atoms with van der Waals surface area (Å²) in [4.78, 5) is 17.8. The van der Waals surface area contributed by atoms with E-state index in [2.05, 4.69) is 46.4 Å². The first kappa shape index (κ1) is 18.7.